The van der Waals surface area contributed by atoms with Crippen LogP contribution in [-0.2, 0) is 4.74 Å². The lowest BCUT2D eigenvalue weighted by Crippen LogP contribution is -2.40. The summed E-state index contributed by atoms with van der Waals surface area (Å²) in [6.07, 6.45) is 4.53. The lowest BCUT2D eigenvalue weighted by Gasteiger charge is -2.29. The molecular weight excluding hydrogens is 326 g/mol. The minimum absolute atomic E-state index is 0.101. The van der Waals surface area contributed by atoms with Crippen LogP contribution in [0.25, 0.3) is 10.9 Å². The summed E-state index contributed by atoms with van der Waals surface area (Å²) >= 11 is 0. The molecule has 0 unspecified atom stereocenters. The van der Waals surface area contributed by atoms with Crippen LogP contribution in [0, 0.1) is 5.92 Å². The Morgan fingerprint density at radius 1 is 1.15 bits per heavy atom. The van der Waals surface area contributed by atoms with Crippen molar-refractivity contribution in [2.24, 2.45) is 11.7 Å². The van der Waals surface area contributed by atoms with Crippen molar-refractivity contribution in [2.75, 3.05) is 32.8 Å². The average Bonchev–Trinajstić information content (AvgIpc) is 2.73. The van der Waals surface area contributed by atoms with E-state index in [-0.39, 0.29) is 5.91 Å². The summed E-state index contributed by atoms with van der Waals surface area (Å²) in [7, 11) is 0. The van der Waals surface area contributed by atoms with E-state index in [0.29, 0.717) is 38.1 Å². The first-order valence-corrected chi connectivity index (χ1v) is 9.73. The maximum Gasteiger partial charge on any atom is 0.254 e. The van der Waals surface area contributed by atoms with Crippen molar-refractivity contribution in [1.82, 2.24) is 9.88 Å². The van der Waals surface area contributed by atoms with Crippen molar-refractivity contribution in [3.05, 3.63) is 41.6 Å². The number of para-hydroxylation sites is 1. The largest absolute Gasteiger partial charge is 0.378 e. The molecule has 0 radical (unpaired) electrons. The Bertz CT molecular complexity index is 778. The number of aromatic nitrogens is 1. The molecule has 5 nitrogen and oxygen atoms in total. The third kappa shape index (κ3) is 3.46. The number of amides is 1. The molecule has 1 aromatic heterocycles. The van der Waals surface area contributed by atoms with Crippen LogP contribution in [0.2, 0.25) is 0 Å². The van der Waals surface area contributed by atoms with E-state index in [2.05, 4.69) is 0 Å². The lowest BCUT2D eigenvalue weighted by molar-refractivity contribution is 0.0304. The molecule has 0 atom stereocenters. The maximum absolute atomic E-state index is 13.2. The molecule has 0 bridgehead atoms. The van der Waals surface area contributed by atoms with Crippen LogP contribution in [0.1, 0.15) is 47.7 Å². The number of benzene rings is 1. The fourth-order valence-electron chi connectivity index (χ4n) is 4.21. The second-order valence-corrected chi connectivity index (χ2v) is 7.47. The minimum Gasteiger partial charge on any atom is -0.378 e. The van der Waals surface area contributed by atoms with Gasteiger partial charge in [-0.1, -0.05) is 18.2 Å². The maximum atomic E-state index is 13.2. The van der Waals surface area contributed by atoms with E-state index in [1.165, 1.54) is 0 Å². The van der Waals surface area contributed by atoms with Crippen molar-refractivity contribution in [3.8, 4) is 0 Å². The molecule has 138 valence electrons. The predicted molar refractivity (Wildman–Crippen MR) is 102 cm³/mol. The molecule has 1 amide bonds. The summed E-state index contributed by atoms with van der Waals surface area (Å²) < 4.78 is 5.40. The Kier molecular flexibility index (Phi) is 5.18. The van der Waals surface area contributed by atoms with Gasteiger partial charge in [-0.05, 0) is 50.3 Å². The van der Waals surface area contributed by atoms with Crippen molar-refractivity contribution in [1.29, 1.82) is 0 Å². The highest BCUT2D eigenvalue weighted by atomic mass is 16.5. The topological polar surface area (TPSA) is 68.5 Å². The number of hydrogen-bond acceptors (Lipinski definition) is 4. The molecule has 0 spiro atoms. The molecule has 2 fully saturated rings. The van der Waals surface area contributed by atoms with Gasteiger partial charge in [0.2, 0.25) is 0 Å². The van der Waals surface area contributed by atoms with Gasteiger partial charge in [-0.25, -0.2) is 0 Å². The molecule has 2 heterocycles. The monoisotopic (exact) mass is 353 g/mol. The van der Waals surface area contributed by atoms with Gasteiger partial charge in [0.15, 0.2) is 0 Å². The fourth-order valence-corrected chi connectivity index (χ4v) is 4.21. The summed E-state index contributed by atoms with van der Waals surface area (Å²) in [6.45, 7) is 3.33. The number of nitrogens with two attached hydrogens (primary N) is 1. The van der Waals surface area contributed by atoms with Crippen LogP contribution in [-0.4, -0.2) is 48.6 Å². The molecule has 2 aliphatic rings. The van der Waals surface area contributed by atoms with Gasteiger partial charge in [-0.15, -0.1) is 0 Å². The second kappa shape index (κ2) is 7.72. The van der Waals surface area contributed by atoms with Crippen LogP contribution in [0.4, 0.5) is 0 Å². The quantitative estimate of drug-likeness (QED) is 0.921. The van der Waals surface area contributed by atoms with Crippen LogP contribution in [0.15, 0.2) is 30.3 Å². The Morgan fingerprint density at radius 2 is 1.88 bits per heavy atom. The summed E-state index contributed by atoms with van der Waals surface area (Å²) in [4.78, 5) is 20.0. The zero-order valence-corrected chi connectivity index (χ0v) is 15.2. The van der Waals surface area contributed by atoms with Gasteiger partial charge in [0, 0.05) is 30.1 Å². The van der Waals surface area contributed by atoms with E-state index in [4.69, 9.17) is 15.5 Å². The average molecular weight is 353 g/mol. The molecule has 1 saturated carbocycles. The van der Waals surface area contributed by atoms with Gasteiger partial charge < -0.3 is 15.4 Å². The van der Waals surface area contributed by atoms with Gasteiger partial charge in [-0.3, -0.25) is 9.78 Å². The van der Waals surface area contributed by atoms with Gasteiger partial charge in [-0.2, -0.15) is 0 Å². The summed E-state index contributed by atoms with van der Waals surface area (Å²) in [5.74, 6) is 1.17. The van der Waals surface area contributed by atoms with Gasteiger partial charge in [0.1, 0.15) is 0 Å². The number of carbonyl (C=O) groups is 1. The van der Waals surface area contributed by atoms with E-state index < -0.39 is 0 Å². The zero-order valence-electron chi connectivity index (χ0n) is 15.2. The van der Waals surface area contributed by atoms with Crippen LogP contribution >= 0.6 is 0 Å². The molecule has 1 aliphatic carbocycles. The zero-order chi connectivity index (χ0) is 17.9. The van der Waals surface area contributed by atoms with Gasteiger partial charge in [0.05, 0.1) is 24.3 Å². The van der Waals surface area contributed by atoms with Crippen LogP contribution in [0.5, 0.6) is 0 Å². The number of fused-ring (bicyclic) bond motifs is 1. The molecular formula is C21H27N3O2. The van der Waals surface area contributed by atoms with Crippen molar-refractivity contribution < 1.29 is 9.53 Å². The first-order valence-electron chi connectivity index (χ1n) is 9.73. The van der Waals surface area contributed by atoms with Crippen LogP contribution < -0.4 is 5.73 Å². The molecule has 5 heteroatoms. The summed E-state index contributed by atoms with van der Waals surface area (Å²) in [5, 5.41) is 0.948. The smallest absolute Gasteiger partial charge is 0.254 e. The number of hydrogen-bond donors (Lipinski definition) is 1. The van der Waals surface area contributed by atoms with E-state index in [9.17, 15) is 4.79 Å². The summed E-state index contributed by atoms with van der Waals surface area (Å²) in [5.41, 5.74) is 8.60. The van der Waals surface area contributed by atoms with Crippen molar-refractivity contribution >= 4 is 16.8 Å². The number of pyridine rings is 1. The fraction of sp³-hybridized carbons (Fsp3) is 0.524. The third-order valence-electron chi connectivity index (χ3n) is 5.86. The Balaban J connectivity index is 1.68. The third-order valence-corrected chi connectivity index (χ3v) is 5.86. The summed E-state index contributed by atoms with van der Waals surface area (Å²) in [6, 6.07) is 10.0. The number of morpholine rings is 1. The van der Waals surface area contributed by atoms with E-state index in [1.807, 2.05) is 35.2 Å². The molecule has 1 saturated heterocycles. The molecule has 2 aromatic rings. The lowest BCUT2D eigenvalue weighted by atomic mass is 9.80. The number of nitrogens with zero attached hydrogens (tertiary/aromatic N) is 2. The second-order valence-electron chi connectivity index (χ2n) is 7.47. The number of rotatable bonds is 3. The molecule has 26 heavy (non-hydrogen) atoms. The Morgan fingerprint density at radius 3 is 2.62 bits per heavy atom. The number of ether oxygens (including phenoxy) is 1. The van der Waals surface area contributed by atoms with Gasteiger partial charge in [0.25, 0.3) is 5.91 Å². The van der Waals surface area contributed by atoms with E-state index in [0.717, 1.165) is 54.4 Å². The number of carbonyl (C=O) groups excluding carboxylic acids is 1. The minimum atomic E-state index is 0.101. The molecule has 1 aliphatic heterocycles. The first kappa shape index (κ1) is 17.4. The standard InChI is InChI=1S/C21H27N3O2/c22-14-15-5-7-16(8-6-15)20-13-18(17-3-1-2-4-19(17)23-20)21(25)24-9-11-26-12-10-24/h1-4,13,15-16H,5-12,14,22H2. The predicted octanol–water partition coefficient (Wildman–Crippen LogP) is 2.94. The SMILES string of the molecule is NCC1CCC(c2cc(C(=O)N3CCOCC3)c3ccccc3n2)CC1. The molecule has 1 aromatic carbocycles. The first-order chi connectivity index (χ1) is 12.8. The van der Waals surface area contributed by atoms with E-state index >= 15 is 0 Å². The van der Waals surface area contributed by atoms with Crippen LogP contribution in [0.3, 0.4) is 0 Å². The van der Waals surface area contributed by atoms with Gasteiger partial charge >= 0.3 is 0 Å². The highest BCUT2D eigenvalue weighted by molar-refractivity contribution is 6.06. The normalized spacial score (nSPS) is 24.0. The Labute approximate surface area is 154 Å². The highest BCUT2D eigenvalue weighted by Crippen LogP contribution is 2.36. The van der Waals surface area contributed by atoms with Crippen molar-refractivity contribution in [2.45, 2.75) is 31.6 Å². The van der Waals surface area contributed by atoms with E-state index in [1.54, 1.807) is 0 Å². The molecule has 4 rings (SSSR count). The van der Waals surface area contributed by atoms with Crippen molar-refractivity contribution in [3.63, 3.8) is 0 Å². The Hall–Kier alpha value is -1.98. The highest BCUT2D eigenvalue weighted by Gasteiger charge is 2.26. The molecule has 2 N–H and O–H groups in total.